The van der Waals surface area contributed by atoms with Gasteiger partial charge in [-0.2, -0.15) is 0 Å². The van der Waals surface area contributed by atoms with E-state index in [0.29, 0.717) is 70.2 Å². The zero-order valence-electron chi connectivity index (χ0n) is 46.6. The molecule has 1 aromatic rings. The van der Waals surface area contributed by atoms with Crippen molar-refractivity contribution in [2.24, 2.45) is 41.4 Å². The highest BCUT2D eigenvalue weighted by molar-refractivity contribution is 5.90. The second-order valence-corrected chi connectivity index (χ2v) is 21.7. The van der Waals surface area contributed by atoms with Crippen LogP contribution in [0.3, 0.4) is 0 Å². The number of ether oxygens (including phenoxy) is 4. The molecular formula is C57H97N5O10. The molecule has 3 rings (SSSR count). The maximum atomic E-state index is 14.5. The Kier molecular flexibility index (Phi) is 29.0. The summed E-state index contributed by atoms with van der Waals surface area (Å²) in [7, 11) is 8.72. The SMILES string of the molecule is CC[C@H](C)[C@@H]([C@@H](CC(=O)N1CCC[C@H]1[C@H](OC)[C@@H](C)C(=O)C[C@H](Cc1ccccc1)C(=O)NCCOCCOCCCC(=O)CCC1CCNCC1)OC)N(C)C(=O)[C@@H](CC(=O)[C@H](C(C)C)N(C)C)C(C)C. The van der Waals surface area contributed by atoms with Gasteiger partial charge in [0.1, 0.15) is 11.6 Å². The number of rotatable bonds is 36. The number of nitrogens with zero attached hydrogens (tertiary/aromatic N) is 3. The number of Topliss-reactive ketones (excluding diaryl/α,β-unsaturated/α-hetero) is 3. The second-order valence-electron chi connectivity index (χ2n) is 21.7. The summed E-state index contributed by atoms with van der Waals surface area (Å²) in [5.74, 6) is -1.42. The minimum atomic E-state index is -0.635. The van der Waals surface area contributed by atoms with Crippen LogP contribution >= 0.6 is 0 Å². The molecule has 2 fully saturated rings. The van der Waals surface area contributed by atoms with Crippen LogP contribution in [0.4, 0.5) is 0 Å². The number of likely N-dealkylation sites (tertiary alicyclic amines) is 1. The van der Waals surface area contributed by atoms with Crippen molar-refractivity contribution in [1.82, 2.24) is 25.3 Å². The Morgan fingerprint density at radius 3 is 2.06 bits per heavy atom. The Morgan fingerprint density at radius 1 is 0.792 bits per heavy atom. The molecule has 2 saturated heterocycles. The van der Waals surface area contributed by atoms with E-state index < -0.39 is 36.0 Å². The number of amides is 3. The van der Waals surface area contributed by atoms with Crippen molar-refractivity contribution in [2.45, 2.75) is 162 Å². The van der Waals surface area contributed by atoms with E-state index in [9.17, 15) is 28.8 Å². The molecule has 0 unspecified atom stereocenters. The zero-order valence-corrected chi connectivity index (χ0v) is 46.6. The van der Waals surface area contributed by atoms with Gasteiger partial charge in [-0.05, 0) is 101 Å². The first-order valence-corrected chi connectivity index (χ1v) is 27.4. The summed E-state index contributed by atoms with van der Waals surface area (Å²) in [6, 6.07) is 8.54. The Hall–Kier alpha value is -3.60. The lowest BCUT2D eigenvalue weighted by Crippen LogP contribution is -2.54. The number of piperidine rings is 1. The third kappa shape index (κ3) is 20.3. The molecule has 3 amide bonds. The molecule has 0 spiro atoms. The molecule has 9 atom stereocenters. The van der Waals surface area contributed by atoms with Crippen molar-refractivity contribution in [3.05, 3.63) is 35.9 Å². The average molecular weight is 1010 g/mol. The van der Waals surface area contributed by atoms with Crippen LogP contribution in [0.25, 0.3) is 0 Å². The molecule has 2 N–H and O–H groups in total. The van der Waals surface area contributed by atoms with Crippen LogP contribution in [0.1, 0.15) is 131 Å². The Bertz CT molecular complexity index is 1770. The van der Waals surface area contributed by atoms with E-state index in [1.807, 2.05) is 88.8 Å². The van der Waals surface area contributed by atoms with Crippen LogP contribution in [0.5, 0.6) is 0 Å². The van der Waals surface area contributed by atoms with Crippen LogP contribution in [0.15, 0.2) is 30.3 Å². The lowest BCUT2D eigenvalue weighted by Gasteiger charge is -2.41. The van der Waals surface area contributed by atoms with E-state index in [1.54, 1.807) is 26.2 Å². The molecule has 15 heteroatoms. The Labute approximate surface area is 434 Å². The molecular weight excluding hydrogens is 915 g/mol. The molecule has 2 heterocycles. The van der Waals surface area contributed by atoms with Crippen LogP contribution < -0.4 is 10.6 Å². The number of methoxy groups -OCH3 is 2. The van der Waals surface area contributed by atoms with Gasteiger partial charge in [-0.1, -0.05) is 85.2 Å². The predicted molar refractivity (Wildman–Crippen MR) is 283 cm³/mol. The molecule has 2 aliphatic heterocycles. The number of carbonyl (C=O) groups is 6. The summed E-state index contributed by atoms with van der Waals surface area (Å²) < 4.78 is 23.6. The van der Waals surface area contributed by atoms with Crippen LogP contribution in [0, 0.1) is 41.4 Å². The summed E-state index contributed by atoms with van der Waals surface area (Å²) in [6.45, 7) is 18.4. The van der Waals surface area contributed by atoms with Crippen LogP contribution in [-0.2, 0) is 54.1 Å². The highest BCUT2D eigenvalue weighted by Crippen LogP contribution is 2.32. The quantitative estimate of drug-likeness (QED) is 0.0673. The lowest BCUT2D eigenvalue weighted by atomic mass is 9.83. The van der Waals surface area contributed by atoms with Crippen molar-refractivity contribution in [2.75, 3.05) is 88.0 Å². The van der Waals surface area contributed by atoms with Gasteiger partial charge < -0.3 is 39.4 Å². The lowest BCUT2D eigenvalue weighted by molar-refractivity contribution is -0.149. The third-order valence-electron chi connectivity index (χ3n) is 15.5. The van der Waals surface area contributed by atoms with Gasteiger partial charge >= 0.3 is 0 Å². The summed E-state index contributed by atoms with van der Waals surface area (Å²) in [5.41, 5.74) is 0.943. The average Bonchev–Trinajstić information content (AvgIpc) is 3.84. The first-order chi connectivity index (χ1) is 34.4. The monoisotopic (exact) mass is 1010 g/mol. The minimum absolute atomic E-state index is 0.00335. The van der Waals surface area contributed by atoms with E-state index in [-0.39, 0.29) is 91.5 Å². The third-order valence-corrected chi connectivity index (χ3v) is 15.5. The number of nitrogens with one attached hydrogen (secondary N) is 2. The molecule has 0 radical (unpaired) electrons. The van der Waals surface area contributed by atoms with Crippen molar-refractivity contribution in [1.29, 1.82) is 0 Å². The van der Waals surface area contributed by atoms with Crippen molar-refractivity contribution < 1.29 is 47.7 Å². The fourth-order valence-electron chi connectivity index (χ4n) is 11.1. The maximum Gasteiger partial charge on any atom is 0.226 e. The normalized spacial score (nSPS) is 18.9. The number of hydrogen-bond donors (Lipinski definition) is 2. The van der Waals surface area contributed by atoms with Crippen LogP contribution in [-0.4, -0.2) is 168 Å². The summed E-state index contributed by atoms with van der Waals surface area (Å²) in [6.07, 6.45) is 6.60. The number of benzene rings is 1. The van der Waals surface area contributed by atoms with E-state index in [4.69, 9.17) is 18.9 Å². The first-order valence-electron chi connectivity index (χ1n) is 27.4. The highest BCUT2D eigenvalue weighted by Gasteiger charge is 2.43. The number of carbonyl (C=O) groups excluding carboxylic acids is 6. The van der Waals surface area contributed by atoms with Gasteiger partial charge in [-0.3, -0.25) is 33.7 Å². The van der Waals surface area contributed by atoms with Gasteiger partial charge in [0.25, 0.3) is 0 Å². The number of likely N-dealkylation sites (N-methyl/N-ethyl adjacent to an activating group) is 2. The smallest absolute Gasteiger partial charge is 0.226 e. The Morgan fingerprint density at radius 2 is 1.46 bits per heavy atom. The second kappa shape index (κ2) is 33.3. The van der Waals surface area contributed by atoms with Crippen molar-refractivity contribution >= 4 is 35.1 Å². The summed E-state index contributed by atoms with van der Waals surface area (Å²) in [4.78, 5) is 88.4. The molecule has 2 aliphatic rings. The van der Waals surface area contributed by atoms with Gasteiger partial charge in [0.15, 0.2) is 5.78 Å². The molecule has 72 heavy (non-hydrogen) atoms. The van der Waals surface area contributed by atoms with E-state index >= 15 is 0 Å². The van der Waals surface area contributed by atoms with Gasteiger partial charge in [0.05, 0.1) is 56.6 Å². The summed E-state index contributed by atoms with van der Waals surface area (Å²) in [5, 5.41) is 6.35. The largest absolute Gasteiger partial charge is 0.379 e. The van der Waals surface area contributed by atoms with Gasteiger partial charge in [0, 0.05) is 84.4 Å². The fraction of sp³-hybridized carbons (Fsp3) is 0.789. The topological polar surface area (TPSA) is 173 Å². The van der Waals surface area contributed by atoms with Crippen molar-refractivity contribution in [3.63, 3.8) is 0 Å². The van der Waals surface area contributed by atoms with E-state index in [1.165, 1.54) is 0 Å². The molecule has 0 bridgehead atoms. The number of hydrogen-bond acceptors (Lipinski definition) is 12. The minimum Gasteiger partial charge on any atom is -0.379 e. The maximum absolute atomic E-state index is 14.5. The molecule has 0 aromatic heterocycles. The molecule has 15 nitrogen and oxygen atoms in total. The van der Waals surface area contributed by atoms with Crippen LogP contribution in [0.2, 0.25) is 0 Å². The Balaban J connectivity index is 1.60. The fourth-order valence-corrected chi connectivity index (χ4v) is 11.1. The van der Waals surface area contributed by atoms with Gasteiger partial charge in [-0.25, -0.2) is 0 Å². The molecule has 0 aliphatic carbocycles. The van der Waals surface area contributed by atoms with Gasteiger partial charge in [-0.15, -0.1) is 0 Å². The van der Waals surface area contributed by atoms with E-state index in [2.05, 4.69) is 24.5 Å². The van der Waals surface area contributed by atoms with Gasteiger partial charge in [0.2, 0.25) is 17.7 Å². The molecule has 1 aromatic carbocycles. The molecule has 410 valence electrons. The summed E-state index contributed by atoms with van der Waals surface area (Å²) >= 11 is 0. The van der Waals surface area contributed by atoms with E-state index in [0.717, 1.165) is 50.8 Å². The van der Waals surface area contributed by atoms with Crippen molar-refractivity contribution in [3.8, 4) is 0 Å². The highest BCUT2D eigenvalue weighted by atomic mass is 16.5. The zero-order chi connectivity index (χ0) is 53.3. The standard InChI is InChI=1S/C57H97N5O10/c1-13-41(6)54(61(10)57(68)47(39(2)3)37-50(65)53(40(4)5)60(8)9)51(69-11)38-52(66)62-30-17-22-48(62)55(70-12)42(7)49(64)36-45(35-44-19-15-14-16-20-44)56(67)59-29-32-72-34-33-71-31-18-21-46(63)24-23-43-25-27-58-28-26-43/h14-16,19-20,39-43,45,47-48,51,53-55,58H,13,17-18,21-38H2,1-12H3,(H,59,67)/t41-,42-,45-,47-,48-,51+,53-,54-,55+/m0/s1. The molecule has 0 saturated carbocycles. The number of ketones is 3. The predicted octanol–water partition coefficient (Wildman–Crippen LogP) is 6.82. The first kappa shape index (κ1) is 62.7.